The third kappa shape index (κ3) is 3.85. The number of para-hydroxylation sites is 1. The molecule has 1 aliphatic heterocycles. The molecule has 0 N–H and O–H groups in total. The number of ether oxygens (including phenoxy) is 1. The molecule has 110 valence electrons. The van der Waals surface area contributed by atoms with Gasteiger partial charge in [-0.05, 0) is 25.0 Å². The third-order valence-electron chi connectivity index (χ3n) is 3.75. The highest BCUT2D eigenvalue weighted by Crippen LogP contribution is 2.28. The van der Waals surface area contributed by atoms with Gasteiger partial charge in [0.1, 0.15) is 8.24 Å². The molecule has 1 aliphatic rings. The number of rotatable bonds is 3. The molecule has 0 radical (unpaired) electrons. The first-order chi connectivity index (χ1) is 9.48. The van der Waals surface area contributed by atoms with Crippen LogP contribution in [0.1, 0.15) is 25.7 Å². The van der Waals surface area contributed by atoms with Crippen LogP contribution in [0.5, 0.6) is 0 Å². The fourth-order valence-corrected chi connectivity index (χ4v) is 5.28. The number of carbonyl (C=O) groups excluding carboxylic acids is 1. The maximum atomic E-state index is 11.4. The van der Waals surface area contributed by atoms with Gasteiger partial charge in [0.2, 0.25) is 0 Å². The van der Waals surface area contributed by atoms with Crippen molar-refractivity contribution in [1.29, 1.82) is 0 Å². The minimum atomic E-state index is -1.48. The second-order valence-corrected chi connectivity index (χ2v) is 11.3. The molecule has 3 nitrogen and oxygen atoms in total. The SMILES string of the molecule is C[Si](C)(C)N(c1ccccc1)C1CCCC(=O)OCC1. The van der Waals surface area contributed by atoms with Crippen molar-refractivity contribution < 1.29 is 9.53 Å². The standard InChI is InChI=1S/C16H25NO2Si/c1-20(2,3)17(14-8-5-4-6-9-14)15-10-7-11-16(18)19-13-12-15/h4-6,8-9,15H,7,10-13H2,1-3H3. The summed E-state index contributed by atoms with van der Waals surface area (Å²) in [7, 11) is -1.48. The maximum Gasteiger partial charge on any atom is 0.305 e. The Morgan fingerprint density at radius 2 is 1.85 bits per heavy atom. The molecule has 1 aromatic carbocycles. The van der Waals surface area contributed by atoms with Crippen LogP contribution < -0.4 is 4.57 Å². The summed E-state index contributed by atoms with van der Waals surface area (Å²) in [5.41, 5.74) is 1.31. The fraction of sp³-hybridized carbons (Fsp3) is 0.562. The summed E-state index contributed by atoms with van der Waals surface area (Å²) in [5.74, 6) is -0.0392. The summed E-state index contributed by atoms with van der Waals surface area (Å²) in [5, 5.41) is 0. The van der Waals surface area contributed by atoms with Crippen molar-refractivity contribution in [3.8, 4) is 0 Å². The van der Waals surface area contributed by atoms with Gasteiger partial charge in [-0.1, -0.05) is 37.8 Å². The lowest BCUT2D eigenvalue weighted by molar-refractivity contribution is -0.144. The van der Waals surface area contributed by atoms with Crippen LogP contribution in [-0.4, -0.2) is 26.9 Å². The Kier molecular flexibility index (Phi) is 4.86. The molecule has 1 saturated heterocycles. The summed E-state index contributed by atoms with van der Waals surface area (Å²) >= 11 is 0. The molecule has 1 heterocycles. The molecule has 4 heteroatoms. The van der Waals surface area contributed by atoms with E-state index in [2.05, 4.69) is 54.5 Å². The average molecular weight is 291 g/mol. The molecule has 1 atom stereocenters. The predicted octanol–water partition coefficient (Wildman–Crippen LogP) is 3.81. The first kappa shape index (κ1) is 15.1. The Morgan fingerprint density at radius 3 is 2.50 bits per heavy atom. The Hall–Kier alpha value is -1.29. The number of hydrogen-bond acceptors (Lipinski definition) is 3. The Morgan fingerprint density at radius 1 is 1.15 bits per heavy atom. The number of esters is 1. The summed E-state index contributed by atoms with van der Waals surface area (Å²) in [6.45, 7) is 7.69. The Balaban J connectivity index is 2.20. The zero-order valence-electron chi connectivity index (χ0n) is 12.8. The van der Waals surface area contributed by atoms with Crippen LogP contribution in [0.2, 0.25) is 19.6 Å². The van der Waals surface area contributed by atoms with Crippen molar-refractivity contribution in [2.45, 2.75) is 51.4 Å². The summed E-state index contributed by atoms with van der Waals surface area (Å²) in [6.07, 6.45) is 3.50. The molecular weight excluding hydrogens is 266 g/mol. The van der Waals surface area contributed by atoms with Gasteiger partial charge in [-0.25, -0.2) is 0 Å². The number of nitrogens with zero attached hydrogens (tertiary/aromatic N) is 1. The Labute approximate surface area is 123 Å². The van der Waals surface area contributed by atoms with Crippen molar-refractivity contribution in [1.82, 2.24) is 0 Å². The minimum Gasteiger partial charge on any atom is -0.466 e. The molecule has 1 unspecified atom stereocenters. The van der Waals surface area contributed by atoms with Crippen LogP contribution in [0, 0.1) is 0 Å². The summed E-state index contributed by atoms with van der Waals surface area (Å²) in [6, 6.07) is 11.1. The largest absolute Gasteiger partial charge is 0.466 e. The number of anilines is 1. The first-order valence-corrected chi connectivity index (χ1v) is 10.9. The van der Waals surface area contributed by atoms with E-state index in [1.165, 1.54) is 5.69 Å². The van der Waals surface area contributed by atoms with Crippen LogP contribution >= 0.6 is 0 Å². The van der Waals surface area contributed by atoms with E-state index in [0.717, 1.165) is 19.3 Å². The van der Waals surface area contributed by atoms with Crippen LogP contribution in [0.25, 0.3) is 0 Å². The van der Waals surface area contributed by atoms with Crippen molar-refractivity contribution in [3.05, 3.63) is 30.3 Å². The molecule has 0 saturated carbocycles. The molecular formula is C16H25NO2Si. The van der Waals surface area contributed by atoms with E-state index in [9.17, 15) is 4.79 Å². The van der Waals surface area contributed by atoms with E-state index >= 15 is 0 Å². The van der Waals surface area contributed by atoms with E-state index in [1.54, 1.807) is 0 Å². The van der Waals surface area contributed by atoms with Gasteiger partial charge >= 0.3 is 5.97 Å². The predicted molar refractivity (Wildman–Crippen MR) is 85.5 cm³/mol. The number of cyclic esters (lactones) is 1. The van der Waals surface area contributed by atoms with Gasteiger partial charge in [0.25, 0.3) is 0 Å². The van der Waals surface area contributed by atoms with E-state index in [0.29, 0.717) is 19.1 Å². The molecule has 2 rings (SSSR count). The highest BCUT2D eigenvalue weighted by molar-refractivity contribution is 6.79. The van der Waals surface area contributed by atoms with Crippen LogP contribution in [-0.2, 0) is 9.53 Å². The molecule has 0 aromatic heterocycles. The second kappa shape index (κ2) is 6.44. The minimum absolute atomic E-state index is 0.0392. The van der Waals surface area contributed by atoms with E-state index in [-0.39, 0.29) is 5.97 Å². The van der Waals surface area contributed by atoms with Gasteiger partial charge in [0.15, 0.2) is 0 Å². The second-order valence-electron chi connectivity index (χ2n) is 6.43. The normalized spacial score (nSPS) is 20.8. The monoisotopic (exact) mass is 291 g/mol. The maximum absolute atomic E-state index is 11.4. The van der Waals surface area contributed by atoms with Gasteiger partial charge in [-0.3, -0.25) is 4.79 Å². The highest BCUT2D eigenvalue weighted by Gasteiger charge is 2.31. The lowest BCUT2D eigenvalue weighted by atomic mass is 10.0. The molecule has 1 aromatic rings. The van der Waals surface area contributed by atoms with Crippen LogP contribution in [0.4, 0.5) is 5.69 Å². The zero-order chi connectivity index (χ0) is 14.6. The summed E-state index contributed by atoms with van der Waals surface area (Å²) in [4.78, 5) is 11.4. The van der Waals surface area contributed by atoms with Crippen molar-refractivity contribution in [2.24, 2.45) is 0 Å². The lowest BCUT2D eigenvalue weighted by Crippen LogP contribution is -2.53. The van der Waals surface area contributed by atoms with Gasteiger partial charge in [-0.15, -0.1) is 0 Å². The molecule has 0 spiro atoms. The lowest BCUT2D eigenvalue weighted by Gasteiger charge is -2.43. The quantitative estimate of drug-likeness (QED) is 0.626. The fourth-order valence-electron chi connectivity index (χ4n) is 3.00. The molecule has 1 fully saturated rings. The van der Waals surface area contributed by atoms with Crippen molar-refractivity contribution in [2.75, 3.05) is 11.2 Å². The Bertz CT molecular complexity index is 430. The van der Waals surface area contributed by atoms with Crippen LogP contribution in [0.15, 0.2) is 30.3 Å². The highest BCUT2D eigenvalue weighted by atomic mass is 28.3. The van der Waals surface area contributed by atoms with Crippen LogP contribution in [0.3, 0.4) is 0 Å². The summed E-state index contributed by atoms with van der Waals surface area (Å²) < 4.78 is 7.88. The van der Waals surface area contributed by atoms with Gasteiger partial charge in [-0.2, -0.15) is 0 Å². The molecule has 0 aliphatic carbocycles. The van der Waals surface area contributed by atoms with Gasteiger partial charge in [0, 0.05) is 24.6 Å². The third-order valence-corrected chi connectivity index (χ3v) is 5.82. The van der Waals surface area contributed by atoms with Crippen molar-refractivity contribution >= 4 is 19.9 Å². The molecule has 20 heavy (non-hydrogen) atoms. The first-order valence-electron chi connectivity index (χ1n) is 7.48. The van der Waals surface area contributed by atoms with Crippen molar-refractivity contribution in [3.63, 3.8) is 0 Å². The zero-order valence-corrected chi connectivity index (χ0v) is 13.8. The average Bonchev–Trinajstić information content (AvgIpc) is 2.35. The smallest absolute Gasteiger partial charge is 0.305 e. The molecule has 0 bridgehead atoms. The topological polar surface area (TPSA) is 29.5 Å². The number of carbonyl (C=O) groups is 1. The van der Waals surface area contributed by atoms with E-state index < -0.39 is 8.24 Å². The van der Waals surface area contributed by atoms with Gasteiger partial charge in [0.05, 0.1) is 6.61 Å². The number of hydrogen-bond donors (Lipinski definition) is 0. The van der Waals surface area contributed by atoms with E-state index in [4.69, 9.17) is 4.74 Å². The van der Waals surface area contributed by atoms with E-state index in [1.807, 2.05) is 0 Å². The number of benzene rings is 1. The molecule has 0 amide bonds. The van der Waals surface area contributed by atoms with Gasteiger partial charge < -0.3 is 9.30 Å².